The van der Waals surface area contributed by atoms with Crippen molar-refractivity contribution in [3.05, 3.63) is 34.3 Å². The average Bonchev–Trinajstić information content (AvgIpc) is 2.46. The van der Waals surface area contributed by atoms with Crippen molar-refractivity contribution in [2.75, 3.05) is 6.61 Å². The number of halogens is 1. The SMILES string of the molecule is Cc1c(Cl)cccc1CNC1CCOC2(C1)CC(C(=O)[O-])C2.[Na+]. The Morgan fingerprint density at radius 1 is 1.43 bits per heavy atom. The van der Waals surface area contributed by atoms with E-state index >= 15 is 0 Å². The van der Waals surface area contributed by atoms with Crippen LogP contribution in [-0.4, -0.2) is 24.2 Å². The number of ether oxygens (including phenoxy) is 1. The molecular formula is C17H21ClNNaO3. The van der Waals surface area contributed by atoms with E-state index in [1.54, 1.807) is 0 Å². The van der Waals surface area contributed by atoms with Gasteiger partial charge in [-0.15, -0.1) is 0 Å². The smallest absolute Gasteiger partial charge is 0.550 e. The van der Waals surface area contributed by atoms with Gasteiger partial charge in [-0.1, -0.05) is 23.7 Å². The number of rotatable bonds is 4. The number of nitrogens with one attached hydrogen (secondary N) is 1. The number of carbonyl (C=O) groups excluding carboxylic acids is 1. The van der Waals surface area contributed by atoms with Gasteiger partial charge in [0.15, 0.2) is 0 Å². The molecule has 0 bridgehead atoms. The van der Waals surface area contributed by atoms with Crippen molar-refractivity contribution < 1.29 is 44.2 Å². The Morgan fingerprint density at radius 2 is 2.17 bits per heavy atom. The third-order valence-electron chi connectivity index (χ3n) is 5.02. The molecule has 1 spiro atoms. The Balaban J connectivity index is 0.00000192. The number of hydrogen-bond donors (Lipinski definition) is 1. The van der Waals surface area contributed by atoms with E-state index in [-0.39, 0.29) is 41.1 Å². The van der Waals surface area contributed by atoms with Crippen molar-refractivity contribution in [2.45, 2.75) is 50.8 Å². The summed E-state index contributed by atoms with van der Waals surface area (Å²) in [5.41, 5.74) is 2.07. The van der Waals surface area contributed by atoms with Crippen molar-refractivity contribution in [3.8, 4) is 0 Å². The molecule has 1 saturated carbocycles. The average molecular weight is 346 g/mol. The normalized spacial score (nSPS) is 29.7. The third-order valence-corrected chi connectivity index (χ3v) is 5.43. The molecule has 1 aliphatic carbocycles. The van der Waals surface area contributed by atoms with Crippen LogP contribution in [0.3, 0.4) is 0 Å². The molecule has 1 heterocycles. The summed E-state index contributed by atoms with van der Waals surface area (Å²) in [7, 11) is 0. The molecule has 1 N–H and O–H groups in total. The fraction of sp³-hybridized carbons (Fsp3) is 0.588. The summed E-state index contributed by atoms with van der Waals surface area (Å²) in [6.45, 7) is 3.49. The van der Waals surface area contributed by atoms with E-state index in [0.29, 0.717) is 25.5 Å². The molecule has 1 aromatic rings. The number of carbonyl (C=O) groups is 1. The first-order chi connectivity index (χ1) is 10.5. The quantitative estimate of drug-likeness (QED) is 0.698. The van der Waals surface area contributed by atoms with Crippen molar-refractivity contribution >= 4 is 17.6 Å². The molecular weight excluding hydrogens is 325 g/mol. The molecule has 1 saturated heterocycles. The van der Waals surface area contributed by atoms with E-state index < -0.39 is 5.97 Å². The number of carboxylic acids is 1. The maximum absolute atomic E-state index is 10.9. The molecule has 3 rings (SSSR count). The third kappa shape index (κ3) is 4.30. The van der Waals surface area contributed by atoms with Crippen molar-refractivity contribution in [2.24, 2.45) is 5.92 Å². The summed E-state index contributed by atoms with van der Waals surface area (Å²) in [6, 6.07) is 6.31. The number of benzene rings is 1. The molecule has 2 aliphatic rings. The monoisotopic (exact) mass is 345 g/mol. The van der Waals surface area contributed by atoms with Crippen LogP contribution in [0.15, 0.2) is 18.2 Å². The van der Waals surface area contributed by atoms with E-state index in [1.807, 2.05) is 19.1 Å². The molecule has 0 radical (unpaired) electrons. The molecule has 1 atom stereocenters. The van der Waals surface area contributed by atoms with Crippen LogP contribution in [0.5, 0.6) is 0 Å². The largest absolute Gasteiger partial charge is 1.00 e. The zero-order chi connectivity index (χ0) is 15.7. The second kappa shape index (κ2) is 7.85. The topological polar surface area (TPSA) is 61.4 Å². The van der Waals surface area contributed by atoms with Gasteiger partial charge in [0.05, 0.1) is 5.60 Å². The van der Waals surface area contributed by atoms with Crippen LogP contribution in [0.25, 0.3) is 0 Å². The van der Waals surface area contributed by atoms with Gasteiger partial charge in [-0.25, -0.2) is 0 Å². The fourth-order valence-electron chi connectivity index (χ4n) is 3.59. The zero-order valence-electron chi connectivity index (χ0n) is 13.7. The first-order valence-electron chi connectivity index (χ1n) is 7.81. The summed E-state index contributed by atoms with van der Waals surface area (Å²) in [4.78, 5) is 10.9. The van der Waals surface area contributed by atoms with Crippen LogP contribution >= 0.6 is 11.6 Å². The molecule has 1 unspecified atom stereocenters. The Bertz CT molecular complexity index is 575. The van der Waals surface area contributed by atoms with Gasteiger partial charge < -0.3 is 20.0 Å². The Morgan fingerprint density at radius 3 is 2.87 bits per heavy atom. The second-order valence-electron chi connectivity index (χ2n) is 6.55. The minimum Gasteiger partial charge on any atom is -0.550 e. The molecule has 1 aliphatic heterocycles. The summed E-state index contributed by atoms with van der Waals surface area (Å²) in [5.74, 6) is -1.28. The molecule has 4 nitrogen and oxygen atoms in total. The summed E-state index contributed by atoms with van der Waals surface area (Å²) in [5, 5.41) is 15.2. The van der Waals surface area contributed by atoms with Crippen molar-refractivity contribution in [1.29, 1.82) is 0 Å². The fourth-order valence-corrected chi connectivity index (χ4v) is 3.78. The number of carboxylic acid groups (broad SMARTS) is 1. The van der Waals surface area contributed by atoms with Crippen LogP contribution in [0.2, 0.25) is 5.02 Å². The first kappa shape index (κ1) is 19.2. The van der Waals surface area contributed by atoms with Crippen LogP contribution in [0.1, 0.15) is 36.8 Å². The van der Waals surface area contributed by atoms with E-state index in [4.69, 9.17) is 16.3 Å². The minimum atomic E-state index is -0.946. The Hall–Kier alpha value is -0.100. The van der Waals surface area contributed by atoms with Gasteiger partial charge in [0.25, 0.3) is 0 Å². The van der Waals surface area contributed by atoms with Gasteiger partial charge in [-0.3, -0.25) is 0 Å². The molecule has 120 valence electrons. The Kier molecular flexibility index (Phi) is 6.57. The van der Waals surface area contributed by atoms with Gasteiger partial charge in [-0.05, 0) is 49.8 Å². The first-order valence-corrected chi connectivity index (χ1v) is 8.19. The molecule has 1 aromatic carbocycles. The molecule has 0 amide bonds. The number of hydrogen-bond acceptors (Lipinski definition) is 4. The van der Waals surface area contributed by atoms with Gasteiger partial charge in [-0.2, -0.15) is 0 Å². The minimum absolute atomic E-state index is 0. The van der Waals surface area contributed by atoms with Gasteiger partial charge in [0.1, 0.15) is 0 Å². The molecule has 6 heteroatoms. The standard InChI is InChI=1S/C17H22ClNO3.Na/c1-11-12(3-2-4-15(11)18)10-19-14-5-6-22-17(9-14)7-13(8-17)16(20)21;/h2-4,13-14,19H,5-10H2,1H3,(H,20,21);/q;+1/p-1. The van der Waals surface area contributed by atoms with Gasteiger partial charge in [0.2, 0.25) is 0 Å². The van der Waals surface area contributed by atoms with E-state index in [9.17, 15) is 9.90 Å². The zero-order valence-corrected chi connectivity index (χ0v) is 16.5. The van der Waals surface area contributed by atoms with Crippen molar-refractivity contribution in [3.63, 3.8) is 0 Å². The predicted octanol–water partition coefficient (Wildman–Crippen LogP) is -1.18. The van der Waals surface area contributed by atoms with E-state index in [1.165, 1.54) is 5.56 Å². The maximum Gasteiger partial charge on any atom is 1.00 e. The summed E-state index contributed by atoms with van der Waals surface area (Å²) in [6.07, 6.45) is 3.00. The second-order valence-corrected chi connectivity index (χ2v) is 6.96. The number of aliphatic carboxylic acids is 1. The van der Waals surface area contributed by atoms with Crippen molar-refractivity contribution in [1.82, 2.24) is 5.32 Å². The van der Waals surface area contributed by atoms with Gasteiger partial charge in [0, 0.05) is 36.1 Å². The van der Waals surface area contributed by atoms with Crippen LogP contribution < -0.4 is 40.0 Å². The van der Waals surface area contributed by atoms with Gasteiger partial charge >= 0.3 is 29.6 Å². The van der Waals surface area contributed by atoms with Crippen LogP contribution in [0, 0.1) is 12.8 Å². The van der Waals surface area contributed by atoms with Crippen LogP contribution in [-0.2, 0) is 16.1 Å². The molecule has 23 heavy (non-hydrogen) atoms. The Labute approximate surface area is 164 Å². The molecule has 0 aromatic heterocycles. The van der Waals surface area contributed by atoms with Crippen LogP contribution in [0.4, 0.5) is 0 Å². The van der Waals surface area contributed by atoms with E-state index in [2.05, 4.69) is 11.4 Å². The maximum atomic E-state index is 10.9. The van der Waals surface area contributed by atoms with E-state index in [0.717, 1.165) is 30.0 Å². The molecule has 2 fully saturated rings. The summed E-state index contributed by atoms with van der Waals surface area (Å²) < 4.78 is 5.85. The summed E-state index contributed by atoms with van der Waals surface area (Å²) >= 11 is 6.15. The predicted molar refractivity (Wildman–Crippen MR) is 82.5 cm³/mol.